The van der Waals surface area contributed by atoms with Crippen LogP contribution in [0.4, 0.5) is 0 Å². The van der Waals surface area contributed by atoms with Crippen LogP contribution in [-0.4, -0.2) is 49.1 Å². The first-order valence-electron chi connectivity index (χ1n) is 10.6. The van der Waals surface area contributed by atoms with Gasteiger partial charge in [0.1, 0.15) is 18.3 Å². The van der Waals surface area contributed by atoms with Crippen molar-refractivity contribution < 1.29 is 38.1 Å². The molecule has 8 nitrogen and oxygen atoms in total. The zero-order valence-corrected chi connectivity index (χ0v) is 18.3. The Morgan fingerprint density at radius 3 is 2.30 bits per heavy atom. The van der Waals surface area contributed by atoms with Gasteiger partial charge in [-0.2, -0.15) is 0 Å². The topological polar surface area (TPSA) is 101 Å². The maximum absolute atomic E-state index is 12.3. The maximum Gasteiger partial charge on any atom is 0.309 e. The van der Waals surface area contributed by atoms with Crippen LogP contribution in [0.1, 0.15) is 53.9 Å². The van der Waals surface area contributed by atoms with Crippen molar-refractivity contribution in [3.63, 3.8) is 0 Å². The third kappa shape index (κ3) is 4.96. The number of rotatable bonds is 8. The van der Waals surface area contributed by atoms with E-state index < -0.39 is 24.0 Å². The Labute approximate surface area is 177 Å². The van der Waals surface area contributed by atoms with Crippen LogP contribution in [0, 0.1) is 23.7 Å². The highest BCUT2D eigenvalue weighted by Gasteiger charge is 2.70. The predicted octanol–water partition coefficient (Wildman–Crippen LogP) is 2.74. The van der Waals surface area contributed by atoms with Crippen molar-refractivity contribution in [2.45, 2.75) is 71.9 Å². The minimum Gasteiger partial charge on any atom is -0.462 e. The van der Waals surface area contributed by atoms with E-state index in [1.807, 2.05) is 27.7 Å². The Balaban J connectivity index is 1.77. The summed E-state index contributed by atoms with van der Waals surface area (Å²) in [4.78, 5) is 35.9. The van der Waals surface area contributed by atoms with Gasteiger partial charge in [-0.15, -0.1) is 0 Å². The monoisotopic (exact) mass is 424 g/mol. The van der Waals surface area contributed by atoms with E-state index in [1.54, 1.807) is 0 Å². The van der Waals surface area contributed by atoms with Crippen molar-refractivity contribution in [2.75, 3.05) is 13.2 Å². The molecule has 0 amide bonds. The molecule has 0 N–H and O–H groups in total. The molecule has 0 bridgehead atoms. The molecule has 0 aromatic heterocycles. The van der Waals surface area contributed by atoms with E-state index in [1.165, 1.54) is 13.2 Å². The summed E-state index contributed by atoms with van der Waals surface area (Å²) in [6.07, 6.45) is 1.33. The molecule has 1 spiro atoms. The molecule has 0 radical (unpaired) electrons. The summed E-state index contributed by atoms with van der Waals surface area (Å²) in [6, 6.07) is 0. The summed E-state index contributed by atoms with van der Waals surface area (Å²) >= 11 is 0. The minimum atomic E-state index is -0.834. The molecule has 1 saturated carbocycles. The van der Waals surface area contributed by atoms with Gasteiger partial charge in [0.2, 0.25) is 6.29 Å². The lowest BCUT2D eigenvalue weighted by Gasteiger charge is -2.35. The van der Waals surface area contributed by atoms with Gasteiger partial charge >= 0.3 is 17.9 Å². The molecule has 2 aliphatic heterocycles. The number of carbonyl (C=O) groups excluding carboxylic acids is 3. The van der Waals surface area contributed by atoms with E-state index in [9.17, 15) is 14.4 Å². The first kappa shape index (κ1) is 22.6. The van der Waals surface area contributed by atoms with Crippen LogP contribution in [0.25, 0.3) is 0 Å². The molecule has 5 atom stereocenters. The highest BCUT2D eigenvalue weighted by Crippen LogP contribution is 2.57. The predicted molar refractivity (Wildman–Crippen MR) is 105 cm³/mol. The molecule has 3 rings (SSSR count). The number of hydrogen-bond acceptors (Lipinski definition) is 8. The average Bonchev–Trinajstić information content (AvgIpc) is 3.33. The van der Waals surface area contributed by atoms with Crippen LogP contribution in [0.5, 0.6) is 0 Å². The molecule has 1 aliphatic carbocycles. The summed E-state index contributed by atoms with van der Waals surface area (Å²) in [6.45, 7) is 9.62. The Hall–Kier alpha value is -2.09. The van der Waals surface area contributed by atoms with Gasteiger partial charge in [0.05, 0.1) is 18.8 Å². The van der Waals surface area contributed by atoms with E-state index in [-0.39, 0.29) is 48.6 Å². The van der Waals surface area contributed by atoms with Crippen LogP contribution in [-0.2, 0) is 38.1 Å². The van der Waals surface area contributed by atoms with E-state index >= 15 is 0 Å². The van der Waals surface area contributed by atoms with Gasteiger partial charge in [0, 0.05) is 31.3 Å². The molecule has 8 heteroatoms. The van der Waals surface area contributed by atoms with Crippen molar-refractivity contribution in [3.8, 4) is 0 Å². The molecule has 3 aliphatic rings. The van der Waals surface area contributed by atoms with Gasteiger partial charge < -0.3 is 23.7 Å². The fourth-order valence-electron chi connectivity index (χ4n) is 4.38. The Morgan fingerprint density at radius 1 is 1.10 bits per heavy atom. The van der Waals surface area contributed by atoms with Crippen LogP contribution >= 0.6 is 0 Å². The van der Waals surface area contributed by atoms with Gasteiger partial charge in [0.25, 0.3) is 0 Å². The Morgan fingerprint density at radius 2 is 1.73 bits per heavy atom. The lowest BCUT2D eigenvalue weighted by molar-refractivity contribution is -0.192. The summed E-state index contributed by atoms with van der Waals surface area (Å²) in [5, 5.41) is 0. The number of esters is 3. The van der Waals surface area contributed by atoms with E-state index in [0.717, 1.165) is 5.57 Å². The fraction of sp³-hybridized carbons (Fsp3) is 0.773. The van der Waals surface area contributed by atoms with E-state index in [0.29, 0.717) is 19.4 Å². The number of hydrogen-bond donors (Lipinski definition) is 0. The Bertz CT molecular complexity index is 706. The minimum absolute atomic E-state index is 0.0856. The zero-order chi connectivity index (χ0) is 22.1. The first-order valence-corrected chi connectivity index (χ1v) is 10.6. The van der Waals surface area contributed by atoms with Gasteiger partial charge in [-0.25, -0.2) is 0 Å². The maximum atomic E-state index is 12.3. The molecule has 0 aromatic rings. The second-order valence-corrected chi connectivity index (χ2v) is 9.25. The van der Waals surface area contributed by atoms with Crippen molar-refractivity contribution in [2.24, 2.45) is 23.7 Å². The number of fused-ring (bicyclic) bond motifs is 2. The zero-order valence-electron chi connectivity index (χ0n) is 18.3. The third-order valence-corrected chi connectivity index (χ3v) is 5.72. The van der Waals surface area contributed by atoms with Crippen molar-refractivity contribution >= 4 is 17.9 Å². The fourth-order valence-corrected chi connectivity index (χ4v) is 4.38. The van der Waals surface area contributed by atoms with Crippen LogP contribution in [0.3, 0.4) is 0 Å². The SMILES string of the molecule is CC(=O)O[C@@H]1C[C@@H]2C(COC(=O)CC(C)C)=CO[C@H](OC(=O)CC(C)C)[C@H]2[C@@]12CO2. The summed E-state index contributed by atoms with van der Waals surface area (Å²) in [5.74, 6) is -1.13. The highest BCUT2D eigenvalue weighted by molar-refractivity contribution is 5.70. The standard InChI is InChI=1S/C22H32O8/c1-12(2)6-18(24)26-9-15-10-27-21(30-19(25)7-13(3)4)20-16(15)8-17(29-14(5)23)22(20)11-28-22/h10,12-13,16-17,20-21H,6-9,11H2,1-5H3/t16-,17-,20+,21-,22-/m1/s1. The normalized spacial score (nSPS) is 31.8. The molecule has 2 heterocycles. The summed E-state index contributed by atoms with van der Waals surface area (Å²) < 4.78 is 28.2. The summed E-state index contributed by atoms with van der Waals surface area (Å²) in [7, 11) is 0. The average molecular weight is 424 g/mol. The molecule has 2 fully saturated rings. The van der Waals surface area contributed by atoms with Crippen LogP contribution in [0.15, 0.2) is 11.8 Å². The molecular weight excluding hydrogens is 392 g/mol. The van der Waals surface area contributed by atoms with Crippen LogP contribution < -0.4 is 0 Å². The van der Waals surface area contributed by atoms with Crippen LogP contribution in [0.2, 0.25) is 0 Å². The molecule has 0 aromatic carbocycles. The van der Waals surface area contributed by atoms with Crippen molar-refractivity contribution in [1.82, 2.24) is 0 Å². The van der Waals surface area contributed by atoms with Gasteiger partial charge in [-0.05, 0) is 18.3 Å². The molecule has 30 heavy (non-hydrogen) atoms. The van der Waals surface area contributed by atoms with Crippen molar-refractivity contribution in [1.29, 1.82) is 0 Å². The number of ether oxygens (including phenoxy) is 5. The molecular formula is C22H32O8. The number of epoxide rings is 1. The van der Waals surface area contributed by atoms with Gasteiger partial charge in [0.15, 0.2) is 0 Å². The van der Waals surface area contributed by atoms with E-state index in [4.69, 9.17) is 23.7 Å². The lowest BCUT2D eigenvalue weighted by Crippen LogP contribution is -2.45. The smallest absolute Gasteiger partial charge is 0.309 e. The Kier molecular flexibility index (Phi) is 6.75. The third-order valence-electron chi connectivity index (χ3n) is 5.72. The van der Waals surface area contributed by atoms with Gasteiger partial charge in [-0.1, -0.05) is 27.7 Å². The molecule has 1 saturated heterocycles. The van der Waals surface area contributed by atoms with Crippen molar-refractivity contribution in [3.05, 3.63) is 11.8 Å². The largest absolute Gasteiger partial charge is 0.462 e. The number of carbonyl (C=O) groups is 3. The second kappa shape index (κ2) is 8.96. The highest BCUT2D eigenvalue weighted by atomic mass is 16.7. The summed E-state index contributed by atoms with van der Waals surface area (Å²) in [5.41, 5.74) is 0.0402. The lowest BCUT2D eigenvalue weighted by atomic mass is 9.83. The van der Waals surface area contributed by atoms with E-state index in [2.05, 4.69) is 0 Å². The van der Waals surface area contributed by atoms with Gasteiger partial charge in [-0.3, -0.25) is 14.4 Å². The molecule has 168 valence electrons. The second-order valence-electron chi connectivity index (χ2n) is 9.25. The quantitative estimate of drug-likeness (QED) is 0.333. The molecule has 0 unspecified atom stereocenters. The first-order chi connectivity index (χ1) is 14.1.